The molecule has 2 nitrogen and oxygen atoms in total. The van der Waals surface area contributed by atoms with Crippen LogP contribution in [-0.4, -0.2) is 23.4 Å². The highest BCUT2D eigenvalue weighted by Crippen LogP contribution is 2.23. The third-order valence-corrected chi connectivity index (χ3v) is 2.25. The average Bonchev–Trinajstić information content (AvgIpc) is 2.16. The van der Waals surface area contributed by atoms with Crippen LogP contribution >= 0.6 is 0 Å². The van der Waals surface area contributed by atoms with E-state index < -0.39 is 24.7 Å². The largest absolute Gasteiger partial charge is 0.391 e. The minimum Gasteiger partial charge on any atom is -0.391 e. The Morgan fingerprint density at radius 3 is 2.25 bits per heavy atom. The molecule has 1 aromatic carbocycles. The van der Waals surface area contributed by atoms with E-state index in [1.165, 1.54) is 0 Å². The SMILES string of the molecule is N[C@@H](Cc1ccccc1)C(O)CC(F)(F)F. The van der Waals surface area contributed by atoms with Crippen LogP contribution < -0.4 is 5.73 Å². The fourth-order valence-corrected chi connectivity index (χ4v) is 1.41. The van der Waals surface area contributed by atoms with Crippen molar-refractivity contribution in [3.63, 3.8) is 0 Å². The Morgan fingerprint density at radius 1 is 1.19 bits per heavy atom. The van der Waals surface area contributed by atoms with Gasteiger partial charge in [0, 0.05) is 6.04 Å². The van der Waals surface area contributed by atoms with Crippen LogP contribution in [0.3, 0.4) is 0 Å². The lowest BCUT2D eigenvalue weighted by molar-refractivity contribution is -0.155. The lowest BCUT2D eigenvalue weighted by Crippen LogP contribution is -2.39. The van der Waals surface area contributed by atoms with E-state index in [1.54, 1.807) is 30.3 Å². The summed E-state index contributed by atoms with van der Waals surface area (Å²) in [6, 6.07) is 7.99. The molecule has 0 aliphatic carbocycles. The first-order chi connectivity index (χ1) is 7.38. The van der Waals surface area contributed by atoms with Crippen LogP contribution in [-0.2, 0) is 6.42 Å². The second-order valence-electron chi connectivity index (χ2n) is 3.74. The maximum Gasteiger partial charge on any atom is 0.391 e. The number of hydrogen-bond donors (Lipinski definition) is 2. The number of hydrogen-bond acceptors (Lipinski definition) is 2. The van der Waals surface area contributed by atoms with Crippen LogP contribution in [0.25, 0.3) is 0 Å². The van der Waals surface area contributed by atoms with E-state index in [9.17, 15) is 18.3 Å². The Hall–Kier alpha value is -1.07. The predicted octanol–water partition coefficient (Wildman–Crippen LogP) is 1.87. The molecule has 0 bridgehead atoms. The van der Waals surface area contributed by atoms with Gasteiger partial charge < -0.3 is 10.8 Å². The Labute approximate surface area is 91.9 Å². The van der Waals surface area contributed by atoms with Crippen LogP contribution in [0, 0.1) is 0 Å². The van der Waals surface area contributed by atoms with Gasteiger partial charge in [-0.15, -0.1) is 0 Å². The topological polar surface area (TPSA) is 46.2 Å². The summed E-state index contributed by atoms with van der Waals surface area (Å²) >= 11 is 0. The van der Waals surface area contributed by atoms with Gasteiger partial charge in [0.2, 0.25) is 0 Å². The molecule has 90 valence electrons. The Balaban J connectivity index is 2.49. The minimum absolute atomic E-state index is 0.234. The van der Waals surface area contributed by atoms with E-state index in [-0.39, 0.29) is 6.42 Å². The molecule has 0 fully saturated rings. The van der Waals surface area contributed by atoms with Crippen molar-refractivity contribution >= 4 is 0 Å². The zero-order chi connectivity index (χ0) is 12.2. The monoisotopic (exact) mass is 233 g/mol. The molecule has 0 saturated carbocycles. The van der Waals surface area contributed by atoms with Gasteiger partial charge in [0.15, 0.2) is 0 Å². The fraction of sp³-hybridized carbons (Fsp3) is 0.455. The summed E-state index contributed by atoms with van der Waals surface area (Å²) in [5, 5.41) is 9.27. The zero-order valence-electron chi connectivity index (χ0n) is 8.61. The summed E-state index contributed by atoms with van der Waals surface area (Å²) in [6.45, 7) is 0. The average molecular weight is 233 g/mol. The van der Waals surface area contributed by atoms with Gasteiger partial charge in [-0.2, -0.15) is 13.2 Å². The maximum absolute atomic E-state index is 12.0. The quantitative estimate of drug-likeness (QED) is 0.834. The molecule has 0 aliphatic rings. The fourth-order valence-electron chi connectivity index (χ4n) is 1.41. The molecular formula is C11H14F3NO. The molecular weight excluding hydrogens is 219 g/mol. The van der Waals surface area contributed by atoms with Crippen molar-refractivity contribution < 1.29 is 18.3 Å². The van der Waals surface area contributed by atoms with Crippen LogP contribution in [0.2, 0.25) is 0 Å². The second kappa shape index (κ2) is 5.32. The summed E-state index contributed by atoms with van der Waals surface area (Å²) < 4.78 is 36.0. The zero-order valence-corrected chi connectivity index (χ0v) is 8.61. The van der Waals surface area contributed by atoms with Crippen molar-refractivity contribution in [2.75, 3.05) is 0 Å². The molecule has 1 rings (SSSR count). The predicted molar refractivity (Wildman–Crippen MR) is 54.8 cm³/mol. The number of benzene rings is 1. The molecule has 1 aromatic rings. The first kappa shape index (κ1) is 13.0. The molecule has 1 unspecified atom stereocenters. The summed E-state index contributed by atoms with van der Waals surface area (Å²) in [7, 11) is 0. The molecule has 0 saturated heterocycles. The Morgan fingerprint density at radius 2 is 1.75 bits per heavy atom. The van der Waals surface area contributed by atoms with Crippen LogP contribution in [0.15, 0.2) is 30.3 Å². The van der Waals surface area contributed by atoms with Crippen molar-refractivity contribution in [2.24, 2.45) is 5.73 Å². The summed E-state index contributed by atoms with van der Waals surface area (Å²) in [6.07, 6.45) is -6.97. The second-order valence-corrected chi connectivity index (χ2v) is 3.74. The first-order valence-corrected chi connectivity index (χ1v) is 4.93. The molecule has 0 aliphatic heterocycles. The molecule has 0 heterocycles. The van der Waals surface area contributed by atoms with Crippen molar-refractivity contribution in [1.29, 1.82) is 0 Å². The van der Waals surface area contributed by atoms with Gasteiger partial charge in [-0.25, -0.2) is 0 Å². The molecule has 0 aromatic heterocycles. The van der Waals surface area contributed by atoms with Gasteiger partial charge >= 0.3 is 6.18 Å². The lowest BCUT2D eigenvalue weighted by atomic mass is 10.0. The number of halogens is 3. The van der Waals surface area contributed by atoms with Gasteiger partial charge in [-0.05, 0) is 12.0 Å². The molecule has 3 N–H and O–H groups in total. The van der Waals surface area contributed by atoms with E-state index in [1.807, 2.05) is 0 Å². The molecule has 16 heavy (non-hydrogen) atoms. The maximum atomic E-state index is 12.0. The highest BCUT2D eigenvalue weighted by atomic mass is 19.4. The highest BCUT2D eigenvalue weighted by molar-refractivity contribution is 5.16. The van der Waals surface area contributed by atoms with Crippen molar-refractivity contribution in [3.8, 4) is 0 Å². The Bertz CT molecular complexity index is 313. The van der Waals surface area contributed by atoms with Crippen LogP contribution in [0.4, 0.5) is 13.2 Å². The van der Waals surface area contributed by atoms with Crippen molar-refractivity contribution in [2.45, 2.75) is 31.2 Å². The molecule has 5 heteroatoms. The van der Waals surface area contributed by atoms with Gasteiger partial charge in [-0.3, -0.25) is 0 Å². The van der Waals surface area contributed by atoms with Gasteiger partial charge in [0.25, 0.3) is 0 Å². The summed E-state index contributed by atoms with van der Waals surface area (Å²) in [4.78, 5) is 0. The number of aliphatic hydroxyl groups excluding tert-OH is 1. The minimum atomic E-state index is -4.38. The number of alkyl halides is 3. The van der Waals surface area contributed by atoms with Gasteiger partial charge in [-0.1, -0.05) is 30.3 Å². The lowest BCUT2D eigenvalue weighted by Gasteiger charge is -2.20. The van der Waals surface area contributed by atoms with E-state index in [0.717, 1.165) is 5.56 Å². The van der Waals surface area contributed by atoms with Crippen molar-refractivity contribution in [1.82, 2.24) is 0 Å². The molecule has 0 radical (unpaired) electrons. The summed E-state index contributed by atoms with van der Waals surface area (Å²) in [5.41, 5.74) is 6.32. The van der Waals surface area contributed by atoms with E-state index >= 15 is 0 Å². The summed E-state index contributed by atoms with van der Waals surface area (Å²) in [5.74, 6) is 0. The van der Waals surface area contributed by atoms with Crippen LogP contribution in [0.5, 0.6) is 0 Å². The van der Waals surface area contributed by atoms with E-state index in [0.29, 0.717) is 0 Å². The highest BCUT2D eigenvalue weighted by Gasteiger charge is 2.33. The number of rotatable bonds is 4. The first-order valence-electron chi connectivity index (χ1n) is 4.93. The molecule has 2 atom stereocenters. The standard InChI is InChI=1S/C11H14F3NO/c12-11(13,14)7-10(16)9(15)6-8-4-2-1-3-5-8/h1-5,9-10,16H,6-7,15H2/t9-,10?/m0/s1. The molecule has 0 spiro atoms. The number of aliphatic hydroxyl groups is 1. The number of nitrogens with two attached hydrogens (primary N) is 1. The smallest absolute Gasteiger partial charge is 0.391 e. The van der Waals surface area contributed by atoms with Gasteiger partial charge in [0.1, 0.15) is 0 Å². The van der Waals surface area contributed by atoms with Crippen LogP contribution in [0.1, 0.15) is 12.0 Å². The third-order valence-electron chi connectivity index (χ3n) is 2.25. The normalized spacial score (nSPS) is 15.8. The Kier molecular flexibility index (Phi) is 4.32. The van der Waals surface area contributed by atoms with E-state index in [2.05, 4.69) is 0 Å². The van der Waals surface area contributed by atoms with Gasteiger partial charge in [0.05, 0.1) is 12.5 Å². The third kappa shape index (κ3) is 4.63. The van der Waals surface area contributed by atoms with E-state index in [4.69, 9.17) is 5.73 Å². The van der Waals surface area contributed by atoms with Crippen molar-refractivity contribution in [3.05, 3.63) is 35.9 Å². The molecule has 0 amide bonds.